The molecule has 1 aromatic carbocycles. The minimum absolute atomic E-state index is 0.628. The van der Waals surface area contributed by atoms with Crippen molar-refractivity contribution in [1.29, 1.82) is 0 Å². The highest BCUT2D eigenvalue weighted by Gasteiger charge is 2.02. The minimum atomic E-state index is 0.628. The molecule has 2 aromatic rings. The molecule has 0 saturated carbocycles. The lowest BCUT2D eigenvalue weighted by Gasteiger charge is -2.04. The number of benzene rings is 1. The molecular formula is C14H18N2O2. The fourth-order valence-corrected chi connectivity index (χ4v) is 1.66. The number of aryl methyl sites for hydroxylation is 2. The van der Waals surface area contributed by atoms with Gasteiger partial charge < -0.3 is 9.47 Å². The van der Waals surface area contributed by atoms with Gasteiger partial charge in [0.15, 0.2) is 0 Å². The molecule has 4 nitrogen and oxygen atoms in total. The van der Waals surface area contributed by atoms with E-state index in [1.54, 1.807) is 7.11 Å². The Kier molecular flexibility index (Phi) is 3.87. The first kappa shape index (κ1) is 12.5. The van der Waals surface area contributed by atoms with Crippen LogP contribution >= 0.6 is 0 Å². The van der Waals surface area contributed by atoms with Crippen LogP contribution in [0.15, 0.2) is 30.3 Å². The molecule has 0 aliphatic rings. The summed E-state index contributed by atoms with van der Waals surface area (Å²) in [6, 6.07) is 9.95. The number of hydrogen-bond acceptors (Lipinski definition) is 3. The van der Waals surface area contributed by atoms with Gasteiger partial charge in [-0.15, -0.1) is 5.10 Å². The van der Waals surface area contributed by atoms with Crippen LogP contribution < -0.4 is 9.47 Å². The Balaban J connectivity index is 1.84. The quantitative estimate of drug-likeness (QED) is 0.812. The lowest BCUT2D eigenvalue weighted by atomic mass is 10.1. The maximum atomic E-state index is 5.60. The Bertz CT molecular complexity index is 484. The van der Waals surface area contributed by atoms with Gasteiger partial charge in [-0.1, -0.05) is 12.1 Å². The van der Waals surface area contributed by atoms with Crippen LogP contribution in [0.3, 0.4) is 0 Å². The molecule has 1 heterocycles. The molecule has 96 valence electrons. The van der Waals surface area contributed by atoms with Crippen molar-refractivity contribution in [3.05, 3.63) is 41.6 Å². The molecule has 1 aromatic heterocycles. The third-order valence-corrected chi connectivity index (χ3v) is 2.89. The Labute approximate surface area is 107 Å². The summed E-state index contributed by atoms with van der Waals surface area (Å²) >= 11 is 0. The summed E-state index contributed by atoms with van der Waals surface area (Å²) in [4.78, 5) is 0. The largest absolute Gasteiger partial charge is 0.497 e. The number of nitrogens with zero attached hydrogens (tertiary/aromatic N) is 2. The van der Waals surface area contributed by atoms with Gasteiger partial charge in [0.05, 0.1) is 13.7 Å². The van der Waals surface area contributed by atoms with E-state index in [0.717, 1.165) is 17.9 Å². The normalized spacial score (nSPS) is 10.4. The first-order valence-electron chi connectivity index (χ1n) is 5.95. The molecule has 0 radical (unpaired) electrons. The van der Waals surface area contributed by atoms with Crippen LogP contribution in [0.1, 0.15) is 11.3 Å². The van der Waals surface area contributed by atoms with Gasteiger partial charge in [0.2, 0.25) is 5.88 Å². The molecule has 4 heteroatoms. The molecule has 0 unspecified atom stereocenters. The summed E-state index contributed by atoms with van der Waals surface area (Å²) in [7, 11) is 3.58. The fraction of sp³-hybridized carbons (Fsp3) is 0.357. The highest BCUT2D eigenvalue weighted by Crippen LogP contribution is 2.13. The molecule has 0 amide bonds. The lowest BCUT2D eigenvalue weighted by Crippen LogP contribution is -2.02. The summed E-state index contributed by atoms with van der Waals surface area (Å²) in [6.45, 7) is 2.63. The van der Waals surface area contributed by atoms with Gasteiger partial charge in [-0.25, -0.2) is 0 Å². The van der Waals surface area contributed by atoms with Crippen LogP contribution in [0.5, 0.6) is 11.6 Å². The zero-order valence-corrected chi connectivity index (χ0v) is 11.0. The Hall–Kier alpha value is -1.97. The Morgan fingerprint density at radius 1 is 1.22 bits per heavy atom. The van der Waals surface area contributed by atoms with Crippen molar-refractivity contribution in [3.63, 3.8) is 0 Å². The molecule has 0 aliphatic heterocycles. The SMILES string of the molecule is COc1ccc(CCOc2cc(C)n(C)n2)cc1. The Morgan fingerprint density at radius 3 is 2.50 bits per heavy atom. The standard InChI is InChI=1S/C14H18N2O2/c1-11-10-14(15-16(11)2)18-9-8-12-4-6-13(17-3)7-5-12/h4-7,10H,8-9H2,1-3H3. The number of hydrogen-bond donors (Lipinski definition) is 0. The van der Waals surface area contributed by atoms with Crippen molar-refractivity contribution >= 4 is 0 Å². The number of aromatic nitrogens is 2. The monoisotopic (exact) mass is 246 g/mol. The van der Waals surface area contributed by atoms with Crippen LogP contribution in [0.4, 0.5) is 0 Å². The van der Waals surface area contributed by atoms with Crippen LogP contribution in [-0.4, -0.2) is 23.5 Å². The van der Waals surface area contributed by atoms with Gasteiger partial charge in [0.1, 0.15) is 5.75 Å². The number of methoxy groups -OCH3 is 1. The van der Waals surface area contributed by atoms with Crippen LogP contribution in [0.2, 0.25) is 0 Å². The van der Waals surface area contributed by atoms with Gasteiger partial charge in [0, 0.05) is 25.2 Å². The highest BCUT2D eigenvalue weighted by molar-refractivity contribution is 5.27. The van der Waals surface area contributed by atoms with Gasteiger partial charge in [-0.2, -0.15) is 0 Å². The molecule has 0 saturated heterocycles. The average Bonchev–Trinajstić information content (AvgIpc) is 2.69. The van der Waals surface area contributed by atoms with E-state index in [0.29, 0.717) is 12.5 Å². The molecule has 0 bridgehead atoms. The predicted octanol–water partition coefficient (Wildman–Crippen LogP) is 2.36. The van der Waals surface area contributed by atoms with E-state index in [-0.39, 0.29) is 0 Å². The second kappa shape index (κ2) is 5.58. The van der Waals surface area contributed by atoms with Gasteiger partial charge >= 0.3 is 0 Å². The molecule has 0 aliphatic carbocycles. The molecule has 2 rings (SSSR count). The number of rotatable bonds is 5. The second-order valence-electron chi connectivity index (χ2n) is 4.19. The van der Waals surface area contributed by atoms with Crippen LogP contribution in [0, 0.1) is 6.92 Å². The van der Waals surface area contributed by atoms with E-state index in [1.807, 2.05) is 49.0 Å². The maximum Gasteiger partial charge on any atom is 0.232 e. The van der Waals surface area contributed by atoms with Crippen molar-refractivity contribution in [2.45, 2.75) is 13.3 Å². The van der Waals surface area contributed by atoms with Gasteiger partial charge in [-0.3, -0.25) is 4.68 Å². The highest BCUT2D eigenvalue weighted by atomic mass is 16.5. The molecule has 0 atom stereocenters. The smallest absolute Gasteiger partial charge is 0.232 e. The van der Waals surface area contributed by atoms with Crippen molar-refractivity contribution in [2.75, 3.05) is 13.7 Å². The fourth-order valence-electron chi connectivity index (χ4n) is 1.66. The van der Waals surface area contributed by atoms with Gasteiger partial charge in [0.25, 0.3) is 0 Å². The summed E-state index contributed by atoms with van der Waals surface area (Å²) in [5, 5.41) is 4.24. The van der Waals surface area contributed by atoms with E-state index in [1.165, 1.54) is 5.56 Å². The first-order valence-corrected chi connectivity index (χ1v) is 5.95. The van der Waals surface area contributed by atoms with Gasteiger partial charge in [-0.05, 0) is 24.6 Å². The first-order chi connectivity index (χ1) is 8.69. The van der Waals surface area contributed by atoms with E-state index >= 15 is 0 Å². The van der Waals surface area contributed by atoms with Crippen molar-refractivity contribution in [3.8, 4) is 11.6 Å². The summed E-state index contributed by atoms with van der Waals surface area (Å²) < 4.78 is 12.5. The maximum absolute atomic E-state index is 5.60. The molecule has 18 heavy (non-hydrogen) atoms. The van der Waals surface area contributed by atoms with Crippen molar-refractivity contribution in [2.24, 2.45) is 7.05 Å². The molecule has 0 spiro atoms. The van der Waals surface area contributed by atoms with Crippen molar-refractivity contribution < 1.29 is 9.47 Å². The number of ether oxygens (including phenoxy) is 2. The molecule has 0 N–H and O–H groups in total. The average molecular weight is 246 g/mol. The molecular weight excluding hydrogens is 228 g/mol. The zero-order chi connectivity index (χ0) is 13.0. The zero-order valence-electron chi connectivity index (χ0n) is 11.0. The summed E-state index contributed by atoms with van der Waals surface area (Å²) in [6.07, 6.45) is 0.861. The van der Waals surface area contributed by atoms with Crippen LogP contribution in [0.25, 0.3) is 0 Å². The minimum Gasteiger partial charge on any atom is -0.497 e. The van der Waals surface area contributed by atoms with E-state index < -0.39 is 0 Å². The predicted molar refractivity (Wildman–Crippen MR) is 70.1 cm³/mol. The third-order valence-electron chi connectivity index (χ3n) is 2.89. The van der Waals surface area contributed by atoms with E-state index in [9.17, 15) is 0 Å². The third kappa shape index (κ3) is 3.03. The Morgan fingerprint density at radius 2 is 1.94 bits per heavy atom. The van der Waals surface area contributed by atoms with Crippen LogP contribution in [-0.2, 0) is 13.5 Å². The topological polar surface area (TPSA) is 36.3 Å². The molecule has 0 fully saturated rings. The van der Waals surface area contributed by atoms with Crippen molar-refractivity contribution in [1.82, 2.24) is 9.78 Å². The lowest BCUT2D eigenvalue weighted by molar-refractivity contribution is 0.306. The second-order valence-corrected chi connectivity index (χ2v) is 4.19. The summed E-state index contributed by atoms with van der Waals surface area (Å²) in [5.41, 5.74) is 2.32. The van der Waals surface area contributed by atoms with E-state index in [4.69, 9.17) is 9.47 Å². The van der Waals surface area contributed by atoms with E-state index in [2.05, 4.69) is 5.10 Å². The summed E-state index contributed by atoms with van der Waals surface area (Å²) in [5.74, 6) is 1.56.